The van der Waals surface area contributed by atoms with Crippen molar-refractivity contribution in [3.8, 4) is 0 Å². The summed E-state index contributed by atoms with van der Waals surface area (Å²) in [6, 6.07) is 9.27. The SMILES string of the molecule is O=C(OCCCl)C(O)Cc1ccccc1. The maximum absolute atomic E-state index is 11.2. The van der Waals surface area contributed by atoms with Gasteiger partial charge in [-0.2, -0.15) is 0 Å². The summed E-state index contributed by atoms with van der Waals surface area (Å²) < 4.78 is 4.70. The van der Waals surface area contributed by atoms with Gasteiger partial charge in [0.05, 0.1) is 5.88 Å². The molecule has 0 heterocycles. The number of carbonyl (C=O) groups is 1. The number of alkyl halides is 1. The van der Waals surface area contributed by atoms with Gasteiger partial charge in [0, 0.05) is 6.42 Å². The molecule has 4 heteroatoms. The van der Waals surface area contributed by atoms with Crippen LogP contribution in [-0.2, 0) is 16.0 Å². The molecule has 0 radical (unpaired) electrons. The third-order valence-electron chi connectivity index (χ3n) is 1.87. The minimum Gasteiger partial charge on any atom is -0.462 e. The molecule has 0 aromatic heterocycles. The molecule has 15 heavy (non-hydrogen) atoms. The predicted molar refractivity (Wildman–Crippen MR) is 57.8 cm³/mol. The fraction of sp³-hybridized carbons (Fsp3) is 0.364. The first-order valence-corrected chi connectivity index (χ1v) is 5.22. The zero-order valence-electron chi connectivity index (χ0n) is 8.23. The second-order valence-electron chi connectivity index (χ2n) is 3.06. The van der Waals surface area contributed by atoms with E-state index in [1.54, 1.807) is 0 Å². The van der Waals surface area contributed by atoms with Gasteiger partial charge in [-0.05, 0) is 5.56 Å². The molecular formula is C11H13ClO3. The summed E-state index contributed by atoms with van der Waals surface area (Å²) in [5.74, 6) is -0.386. The minimum atomic E-state index is -1.12. The number of rotatable bonds is 5. The number of hydrogen-bond acceptors (Lipinski definition) is 3. The number of hydrogen-bond donors (Lipinski definition) is 1. The van der Waals surface area contributed by atoms with E-state index in [9.17, 15) is 9.90 Å². The first-order chi connectivity index (χ1) is 7.24. The van der Waals surface area contributed by atoms with Crippen molar-refractivity contribution < 1.29 is 14.6 Å². The second-order valence-corrected chi connectivity index (χ2v) is 3.44. The molecule has 0 saturated carbocycles. The van der Waals surface area contributed by atoms with Crippen LogP contribution in [0.4, 0.5) is 0 Å². The molecule has 0 fully saturated rings. The summed E-state index contributed by atoms with van der Waals surface area (Å²) >= 11 is 5.35. The first-order valence-electron chi connectivity index (χ1n) is 4.68. The summed E-state index contributed by atoms with van der Waals surface area (Å²) in [5.41, 5.74) is 0.896. The largest absolute Gasteiger partial charge is 0.462 e. The Kier molecular flexibility index (Phi) is 5.15. The Morgan fingerprint density at radius 2 is 2.07 bits per heavy atom. The topological polar surface area (TPSA) is 46.5 Å². The molecule has 0 aliphatic carbocycles. The van der Waals surface area contributed by atoms with Gasteiger partial charge >= 0.3 is 5.97 Å². The van der Waals surface area contributed by atoms with Crippen LogP contribution in [0.2, 0.25) is 0 Å². The van der Waals surface area contributed by atoms with Gasteiger partial charge in [-0.25, -0.2) is 4.79 Å². The normalized spacial score (nSPS) is 12.1. The lowest BCUT2D eigenvalue weighted by molar-refractivity contribution is -0.152. The molecule has 3 nitrogen and oxygen atoms in total. The van der Waals surface area contributed by atoms with Crippen LogP contribution in [-0.4, -0.2) is 29.7 Å². The van der Waals surface area contributed by atoms with E-state index in [-0.39, 0.29) is 18.9 Å². The number of benzene rings is 1. The molecular weight excluding hydrogens is 216 g/mol. The van der Waals surface area contributed by atoms with Crippen molar-refractivity contribution in [2.75, 3.05) is 12.5 Å². The summed E-state index contributed by atoms with van der Waals surface area (Å²) in [6.07, 6.45) is -0.849. The lowest BCUT2D eigenvalue weighted by Gasteiger charge is -2.09. The van der Waals surface area contributed by atoms with Crippen molar-refractivity contribution in [3.63, 3.8) is 0 Å². The zero-order valence-corrected chi connectivity index (χ0v) is 8.98. The smallest absolute Gasteiger partial charge is 0.335 e. The van der Waals surface area contributed by atoms with Crippen LogP contribution in [0.25, 0.3) is 0 Å². The monoisotopic (exact) mass is 228 g/mol. The van der Waals surface area contributed by atoms with Crippen LogP contribution < -0.4 is 0 Å². The standard InChI is InChI=1S/C11H13ClO3/c12-6-7-15-11(14)10(13)8-9-4-2-1-3-5-9/h1-5,10,13H,6-8H2. The highest BCUT2D eigenvalue weighted by Gasteiger charge is 2.16. The van der Waals surface area contributed by atoms with Gasteiger partial charge in [-0.3, -0.25) is 0 Å². The minimum absolute atomic E-state index is 0.131. The van der Waals surface area contributed by atoms with Crippen molar-refractivity contribution >= 4 is 17.6 Å². The predicted octanol–water partition coefficient (Wildman–Crippen LogP) is 1.37. The molecule has 1 aromatic carbocycles. The van der Waals surface area contributed by atoms with E-state index in [0.717, 1.165) is 5.56 Å². The van der Waals surface area contributed by atoms with Crippen molar-refractivity contribution in [1.29, 1.82) is 0 Å². The highest BCUT2D eigenvalue weighted by Crippen LogP contribution is 2.04. The Bertz CT molecular complexity index is 300. The first kappa shape index (κ1) is 12.0. The molecule has 0 amide bonds. The highest BCUT2D eigenvalue weighted by atomic mass is 35.5. The molecule has 0 spiro atoms. The fourth-order valence-electron chi connectivity index (χ4n) is 1.16. The molecule has 0 aliphatic heterocycles. The Morgan fingerprint density at radius 1 is 1.40 bits per heavy atom. The zero-order chi connectivity index (χ0) is 11.1. The van der Waals surface area contributed by atoms with E-state index in [0.29, 0.717) is 0 Å². The van der Waals surface area contributed by atoms with Gasteiger partial charge in [-0.1, -0.05) is 30.3 Å². The molecule has 0 bridgehead atoms. The Morgan fingerprint density at radius 3 is 2.67 bits per heavy atom. The highest BCUT2D eigenvalue weighted by molar-refractivity contribution is 6.18. The third-order valence-corrected chi connectivity index (χ3v) is 2.02. The van der Waals surface area contributed by atoms with Crippen LogP contribution in [0.3, 0.4) is 0 Å². The van der Waals surface area contributed by atoms with Crippen LogP contribution >= 0.6 is 11.6 Å². The number of carbonyl (C=O) groups excluding carboxylic acids is 1. The lowest BCUT2D eigenvalue weighted by Crippen LogP contribution is -2.25. The van der Waals surface area contributed by atoms with Crippen molar-refractivity contribution in [3.05, 3.63) is 35.9 Å². The number of aliphatic hydroxyl groups is 1. The van der Waals surface area contributed by atoms with E-state index in [1.165, 1.54) is 0 Å². The molecule has 1 N–H and O–H groups in total. The number of esters is 1. The van der Waals surface area contributed by atoms with Crippen molar-refractivity contribution in [2.24, 2.45) is 0 Å². The number of halogens is 1. The average Bonchev–Trinajstić information content (AvgIpc) is 2.27. The average molecular weight is 229 g/mol. The summed E-state index contributed by atoms with van der Waals surface area (Å²) in [4.78, 5) is 11.2. The van der Waals surface area contributed by atoms with Gasteiger partial charge in [0.25, 0.3) is 0 Å². The summed E-state index contributed by atoms with van der Waals surface area (Å²) in [5, 5.41) is 9.48. The molecule has 0 saturated heterocycles. The van der Waals surface area contributed by atoms with E-state index in [1.807, 2.05) is 30.3 Å². The Labute approximate surface area is 93.6 Å². The molecule has 1 aromatic rings. The lowest BCUT2D eigenvalue weighted by atomic mass is 10.1. The summed E-state index contributed by atoms with van der Waals surface area (Å²) in [7, 11) is 0. The van der Waals surface area contributed by atoms with E-state index < -0.39 is 12.1 Å². The molecule has 1 unspecified atom stereocenters. The van der Waals surface area contributed by atoms with Gasteiger partial charge in [-0.15, -0.1) is 11.6 Å². The van der Waals surface area contributed by atoms with Gasteiger partial charge in [0.1, 0.15) is 6.61 Å². The number of aliphatic hydroxyl groups excluding tert-OH is 1. The van der Waals surface area contributed by atoms with Crippen LogP contribution in [0.5, 0.6) is 0 Å². The number of ether oxygens (including phenoxy) is 1. The molecule has 82 valence electrons. The molecule has 0 aliphatic rings. The van der Waals surface area contributed by atoms with Crippen LogP contribution in [0, 0.1) is 0 Å². The van der Waals surface area contributed by atoms with Crippen molar-refractivity contribution in [2.45, 2.75) is 12.5 Å². The fourth-order valence-corrected chi connectivity index (χ4v) is 1.23. The maximum atomic E-state index is 11.2. The van der Waals surface area contributed by atoms with Gasteiger partial charge < -0.3 is 9.84 Å². The Balaban J connectivity index is 2.41. The summed E-state index contributed by atoms with van der Waals surface area (Å²) in [6.45, 7) is 0.131. The van der Waals surface area contributed by atoms with Crippen LogP contribution in [0.15, 0.2) is 30.3 Å². The van der Waals surface area contributed by atoms with Crippen molar-refractivity contribution in [1.82, 2.24) is 0 Å². The molecule has 1 atom stereocenters. The van der Waals surface area contributed by atoms with Crippen LogP contribution in [0.1, 0.15) is 5.56 Å². The Hall–Kier alpha value is -1.06. The van der Waals surface area contributed by atoms with E-state index >= 15 is 0 Å². The maximum Gasteiger partial charge on any atom is 0.335 e. The van der Waals surface area contributed by atoms with E-state index in [4.69, 9.17) is 16.3 Å². The second kappa shape index (κ2) is 6.43. The van der Waals surface area contributed by atoms with Gasteiger partial charge in [0.15, 0.2) is 6.10 Å². The third kappa shape index (κ3) is 4.32. The van der Waals surface area contributed by atoms with Gasteiger partial charge in [0.2, 0.25) is 0 Å². The quantitative estimate of drug-likeness (QED) is 0.612. The van der Waals surface area contributed by atoms with E-state index in [2.05, 4.69) is 0 Å². The molecule has 1 rings (SSSR count).